The molecule has 0 aliphatic rings. The first-order valence-electron chi connectivity index (χ1n) is 6.54. The predicted molar refractivity (Wildman–Crippen MR) is 81.4 cm³/mol. The third-order valence-corrected chi connectivity index (χ3v) is 3.72. The molecule has 0 amide bonds. The molecule has 0 atom stereocenters. The molecule has 108 valence electrons. The van der Waals surface area contributed by atoms with Gasteiger partial charge in [0.25, 0.3) is 0 Å². The van der Waals surface area contributed by atoms with Gasteiger partial charge in [-0.05, 0) is 34.7 Å². The Balaban J connectivity index is 1.94. The number of nitrogens with one attached hydrogen (secondary N) is 1. The molecule has 0 aliphatic carbocycles. The molecule has 2 heterocycles. The van der Waals surface area contributed by atoms with Gasteiger partial charge < -0.3 is 4.98 Å². The van der Waals surface area contributed by atoms with Crippen LogP contribution >= 0.6 is 11.6 Å². The number of tetrazole rings is 1. The van der Waals surface area contributed by atoms with Crippen LogP contribution in [0.4, 0.5) is 4.39 Å². The van der Waals surface area contributed by atoms with Gasteiger partial charge >= 0.3 is 0 Å². The van der Waals surface area contributed by atoms with Gasteiger partial charge in [0.2, 0.25) is 0 Å². The number of para-hydroxylation sites is 1. The maximum atomic E-state index is 13.8. The van der Waals surface area contributed by atoms with Crippen molar-refractivity contribution in [3.63, 3.8) is 0 Å². The highest BCUT2D eigenvalue weighted by Gasteiger charge is 2.16. The summed E-state index contributed by atoms with van der Waals surface area (Å²) in [6.07, 6.45) is 1.74. The molecular formula is C15H9ClFN5. The molecular weight excluding hydrogens is 305 g/mol. The highest BCUT2D eigenvalue weighted by Crippen LogP contribution is 2.31. The summed E-state index contributed by atoms with van der Waals surface area (Å²) in [7, 11) is 0. The lowest BCUT2D eigenvalue weighted by atomic mass is 10.1. The van der Waals surface area contributed by atoms with E-state index in [4.69, 9.17) is 11.6 Å². The van der Waals surface area contributed by atoms with Gasteiger partial charge in [-0.15, -0.1) is 5.10 Å². The summed E-state index contributed by atoms with van der Waals surface area (Å²) in [4.78, 5) is 3.06. The zero-order chi connectivity index (χ0) is 15.1. The lowest BCUT2D eigenvalue weighted by Crippen LogP contribution is -1.99. The largest absolute Gasteiger partial charge is 0.360 e. The number of halogens is 2. The minimum atomic E-state index is -0.478. The van der Waals surface area contributed by atoms with Crippen LogP contribution in [-0.2, 0) is 0 Å². The molecule has 2 aromatic carbocycles. The Bertz CT molecular complexity index is 961. The Morgan fingerprint density at radius 3 is 2.77 bits per heavy atom. The van der Waals surface area contributed by atoms with Crippen molar-refractivity contribution in [1.29, 1.82) is 0 Å². The molecule has 0 radical (unpaired) electrons. The summed E-state index contributed by atoms with van der Waals surface area (Å²) in [5.41, 5.74) is 2.26. The van der Waals surface area contributed by atoms with E-state index in [1.807, 2.05) is 30.3 Å². The van der Waals surface area contributed by atoms with Crippen LogP contribution in [-0.4, -0.2) is 25.2 Å². The van der Waals surface area contributed by atoms with Crippen molar-refractivity contribution in [2.45, 2.75) is 0 Å². The van der Waals surface area contributed by atoms with E-state index in [2.05, 4.69) is 20.5 Å². The van der Waals surface area contributed by atoms with E-state index in [1.54, 1.807) is 16.9 Å². The molecule has 0 bridgehead atoms. The zero-order valence-corrected chi connectivity index (χ0v) is 11.9. The molecule has 4 rings (SSSR count). The first-order chi connectivity index (χ1) is 10.7. The Hall–Kier alpha value is -2.73. The van der Waals surface area contributed by atoms with E-state index in [0.29, 0.717) is 16.8 Å². The molecule has 2 aromatic heterocycles. The van der Waals surface area contributed by atoms with Crippen LogP contribution in [0.3, 0.4) is 0 Å². The van der Waals surface area contributed by atoms with E-state index in [-0.39, 0.29) is 5.02 Å². The van der Waals surface area contributed by atoms with Gasteiger partial charge in [0.15, 0.2) is 5.82 Å². The van der Waals surface area contributed by atoms with Crippen LogP contribution in [0.2, 0.25) is 5.02 Å². The second-order valence-corrected chi connectivity index (χ2v) is 5.17. The fourth-order valence-electron chi connectivity index (χ4n) is 2.40. The lowest BCUT2D eigenvalue weighted by molar-refractivity contribution is 0.630. The first-order valence-corrected chi connectivity index (χ1v) is 6.92. The molecule has 7 heteroatoms. The van der Waals surface area contributed by atoms with Crippen LogP contribution in [0.5, 0.6) is 0 Å². The molecule has 5 nitrogen and oxygen atoms in total. The number of benzene rings is 2. The second kappa shape index (κ2) is 4.92. The Morgan fingerprint density at radius 2 is 1.95 bits per heavy atom. The van der Waals surface area contributed by atoms with Crippen LogP contribution in [0.15, 0.2) is 48.7 Å². The second-order valence-electron chi connectivity index (χ2n) is 4.76. The minimum absolute atomic E-state index is 0.0727. The molecule has 0 unspecified atom stereocenters. The number of aromatic nitrogens is 5. The van der Waals surface area contributed by atoms with Gasteiger partial charge in [-0.2, -0.15) is 4.68 Å². The van der Waals surface area contributed by atoms with Gasteiger partial charge in [0.05, 0.1) is 10.7 Å². The lowest BCUT2D eigenvalue weighted by Gasteiger charge is -2.03. The van der Waals surface area contributed by atoms with Crippen molar-refractivity contribution in [3.05, 3.63) is 59.5 Å². The van der Waals surface area contributed by atoms with Crippen molar-refractivity contribution in [1.82, 2.24) is 25.2 Å². The van der Waals surface area contributed by atoms with Gasteiger partial charge in [-0.3, -0.25) is 0 Å². The fourth-order valence-corrected chi connectivity index (χ4v) is 2.56. The van der Waals surface area contributed by atoms with Crippen LogP contribution in [0, 0.1) is 5.82 Å². The van der Waals surface area contributed by atoms with Gasteiger partial charge in [-0.25, -0.2) is 4.39 Å². The summed E-state index contributed by atoms with van der Waals surface area (Å²) in [5, 5.41) is 12.6. The number of hydrogen-bond donors (Lipinski definition) is 1. The van der Waals surface area contributed by atoms with E-state index < -0.39 is 5.82 Å². The van der Waals surface area contributed by atoms with Crippen LogP contribution < -0.4 is 0 Å². The summed E-state index contributed by atoms with van der Waals surface area (Å²) in [6.45, 7) is 0. The number of nitrogens with zero attached hydrogens (tertiary/aromatic N) is 4. The molecule has 0 aliphatic heterocycles. The topological polar surface area (TPSA) is 59.4 Å². The van der Waals surface area contributed by atoms with Crippen molar-refractivity contribution in [2.75, 3.05) is 0 Å². The Morgan fingerprint density at radius 1 is 1.14 bits per heavy atom. The van der Waals surface area contributed by atoms with Gasteiger partial charge in [0, 0.05) is 22.7 Å². The van der Waals surface area contributed by atoms with Crippen LogP contribution in [0.25, 0.3) is 28.0 Å². The summed E-state index contributed by atoms with van der Waals surface area (Å²) in [5.74, 6) is 0.0490. The molecule has 0 fully saturated rings. The SMILES string of the molecule is Fc1cc2c(-c3nnnn3-c3ccccc3)c[nH]c2cc1Cl. The number of hydrogen-bond acceptors (Lipinski definition) is 3. The van der Waals surface area contributed by atoms with Crippen LogP contribution in [0.1, 0.15) is 0 Å². The summed E-state index contributed by atoms with van der Waals surface area (Å²) in [6, 6.07) is 12.4. The average Bonchev–Trinajstić information content (AvgIpc) is 3.15. The van der Waals surface area contributed by atoms with Gasteiger partial charge in [0.1, 0.15) is 5.82 Å². The Labute approximate surface area is 129 Å². The zero-order valence-electron chi connectivity index (χ0n) is 11.2. The number of fused-ring (bicyclic) bond motifs is 1. The van der Waals surface area contributed by atoms with E-state index in [1.165, 1.54) is 6.07 Å². The third-order valence-electron chi connectivity index (χ3n) is 3.43. The minimum Gasteiger partial charge on any atom is -0.360 e. The van der Waals surface area contributed by atoms with Crippen molar-refractivity contribution >= 4 is 22.5 Å². The van der Waals surface area contributed by atoms with E-state index >= 15 is 0 Å². The maximum absolute atomic E-state index is 13.8. The molecule has 0 saturated heterocycles. The van der Waals surface area contributed by atoms with E-state index in [0.717, 1.165) is 11.2 Å². The van der Waals surface area contributed by atoms with Crippen molar-refractivity contribution in [2.24, 2.45) is 0 Å². The smallest absolute Gasteiger partial charge is 0.189 e. The third kappa shape index (κ3) is 1.96. The maximum Gasteiger partial charge on any atom is 0.189 e. The van der Waals surface area contributed by atoms with E-state index in [9.17, 15) is 4.39 Å². The quantitative estimate of drug-likeness (QED) is 0.615. The number of H-pyrrole nitrogens is 1. The molecule has 0 saturated carbocycles. The monoisotopic (exact) mass is 313 g/mol. The highest BCUT2D eigenvalue weighted by molar-refractivity contribution is 6.31. The standard InChI is InChI=1S/C15H9ClFN5/c16-12-7-14-10(6-13(12)17)11(8-18-14)15-19-20-21-22(15)9-4-2-1-3-5-9/h1-8,18H. The fraction of sp³-hybridized carbons (Fsp3) is 0. The average molecular weight is 314 g/mol. The summed E-state index contributed by atoms with van der Waals surface area (Å²) < 4.78 is 15.4. The molecule has 4 aromatic rings. The molecule has 1 N–H and O–H groups in total. The molecule has 22 heavy (non-hydrogen) atoms. The number of aromatic amines is 1. The Kier molecular flexibility index (Phi) is 2.90. The first kappa shape index (κ1) is 13.0. The normalized spacial score (nSPS) is 11.2. The van der Waals surface area contributed by atoms with Gasteiger partial charge in [-0.1, -0.05) is 29.8 Å². The van der Waals surface area contributed by atoms with Crippen molar-refractivity contribution < 1.29 is 4.39 Å². The molecule has 0 spiro atoms. The predicted octanol–water partition coefficient (Wildman–Crippen LogP) is 3.60. The highest BCUT2D eigenvalue weighted by atomic mass is 35.5. The summed E-state index contributed by atoms with van der Waals surface area (Å²) >= 11 is 5.81. The number of rotatable bonds is 2. The van der Waals surface area contributed by atoms with Crippen molar-refractivity contribution in [3.8, 4) is 17.1 Å².